The van der Waals surface area contributed by atoms with Crippen molar-refractivity contribution in [2.45, 2.75) is 18.9 Å². The van der Waals surface area contributed by atoms with E-state index in [4.69, 9.17) is 9.47 Å². The van der Waals surface area contributed by atoms with Crippen molar-refractivity contribution in [2.24, 2.45) is 0 Å². The van der Waals surface area contributed by atoms with Gasteiger partial charge in [0, 0.05) is 6.42 Å². The first-order chi connectivity index (χ1) is 13.3. The molecule has 0 aliphatic carbocycles. The number of carbonyl (C=O) groups is 2. The number of aromatic hydroxyl groups is 2. The first-order valence-corrected chi connectivity index (χ1v) is 8.48. The molecule has 0 saturated carbocycles. The third kappa shape index (κ3) is 5.59. The maximum atomic E-state index is 12.1. The Morgan fingerprint density at radius 2 is 1.61 bits per heavy atom. The maximum Gasteiger partial charge on any atom is 0.163 e. The minimum absolute atomic E-state index is 0.0130. The van der Waals surface area contributed by atoms with E-state index < -0.39 is 17.7 Å². The van der Waals surface area contributed by atoms with Crippen LogP contribution in [-0.4, -0.2) is 41.1 Å². The third-order valence-electron chi connectivity index (χ3n) is 4.05. The van der Waals surface area contributed by atoms with Gasteiger partial charge in [-0.1, -0.05) is 18.2 Å². The fraction of sp³-hybridized carbons (Fsp3) is 0.238. The van der Waals surface area contributed by atoms with Crippen LogP contribution in [0, 0.1) is 0 Å². The molecule has 28 heavy (non-hydrogen) atoms. The van der Waals surface area contributed by atoms with E-state index in [1.807, 2.05) is 0 Å². The monoisotopic (exact) mass is 386 g/mol. The molecular formula is C21H22O7. The Morgan fingerprint density at radius 1 is 1.00 bits per heavy atom. The van der Waals surface area contributed by atoms with Crippen LogP contribution in [0.25, 0.3) is 6.08 Å². The van der Waals surface area contributed by atoms with E-state index in [1.165, 1.54) is 50.6 Å². The molecule has 0 fully saturated rings. The van der Waals surface area contributed by atoms with Crippen LogP contribution in [-0.2, 0) is 9.59 Å². The number of hydrogen-bond donors (Lipinski definition) is 3. The Labute approximate surface area is 162 Å². The predicted molar refractivity (Wildman–Crippen MR) is 103 cm³/mol. The van der Waals surface area contributed by atoms with Crippen LogP contribution in [0.4, 0.5) is 0 Å². The third-order valence-corrected chi connectivity index (χ3v) is 4.05. The number of methoxy groups -OCH3 is 2. The average molecular weight is 386 g/mol. The van der Waals surface area contributed by atoms with Gasteiger partial charge in [-0.3, -0.25) is 9.59 Å². The van der Waals surface area contributed by atoms with Crippen molar-refractivity contribution in [3.05, 3.63) is 53.6 Å². The van der Waals surface area contributed by atoms with Crippen LogP contribution in [0.2, 0.25) is 0 Å². The molecule has 0 heterocycles. The zero-order valence-corrected chi connectivity index (χ0v) is 15.6. The molecule has 1 unspecified atom stereocenters. The fourth-order valence-corrected chi connectivity index (χ4v) is 2.55. The second-order valence-electron chi connectivity index (χ2n) is 6.10. The Bertz CT molecular complexity index is 886. The number of ether oxygens (including phenoxy) is 2. The number of hydrogen-bond acceptors (Lipinski definition) is 7. The minimum Gasteiger partial charge on any atom is -0.504 e. The van der Waals surface area contributed by atoms with E-state index in [1.54, 1.807) is 12.1 Å². The second-order valence-corrected chi connectivity index (χ2v) is 6.10. The summed E-state index contributed by atoms with van der Waals surface area (Å²) in [6, 6.07) is 8.88. The molecule has 0 saturated heterocycles. The highest BCUT2D eigenvalue weighted by atomic mass is 16.5. The SMILES string of the molecule is COc1cc(/C=C/C(=O)CC(=O)CC(O)c2ccc(O)c(OC)c2)ccc1O. The van der Waals surface area contributed by atoms with Gasteiger partial charge in [-0.25, -0.2) is 0 Å². The number of carbonyl (C=O) groups excluding carboxylic acids is 2. The van der Waals surface area contributed by atoms with Crippen LogP contribution < -0.4 is 9.47 Å². The number of benzene rings is 2. The summed E-state index contributed by atoms with van der Waals surface area (Å²) in [6.45, 7) is 0. The van der Waals surface area contributed by atoms with Crippen molar-refractivity contribution in [1.82, 2.24) is 0 Å². The van der Waals surface area contributed by atoms with Gasteiger partial charge in [0.05, 0.1) is 26.7 Å². The lowest BCUT2D eigenvalue weighted by Gasteiger charge is -2.12. The summed E-state index contributed by atoms with van der Waals surface area (Å²) >= 11 is 0. The molecule has 0 aliphatic rings. The zero-order chi connectivity index (χ0) is 20.7. The minimum atomic E-state index is -1.11. The molecule has 0 aromatic heterocycles. The molecule has 0 bridgehead atoms. The number of rotatable bonds is 9. The lowest BCUT2D eigenvalue weighted by Crippen LogP contribution is -2.10. The number of aliphatic hydroxyl groups excluding tert-OH is 1. The Hall–Kier alpha value is -3.32. The van der Waals surface area contributed by atoms with Gasteiger partial charge in [0.25, 0.3) is 0 Å². The van der Waals surface area contributed by atoms with E-state index in [0.29, 0.717) is 11.1 Å². The number of phenols is 2. The molecule has 2 rings (SSSR count). The van der Waals surface area contributed by atoms with Gasteiger partial charge >= 0.3 is 0 Å². The number of ketones is 2. The Balaban J connectivity index is 1.94. The molecule has 0 amide bonds. The normalized spacial score (nSPS) is 12.0. The van der Waals surface area contributed by atoms with Crippen molar-refractivity contribution >= 4 is 17.6 Å². The smallest absolute Gasteiger partial charge is 0.163 e. The van der Waals surface area contributed by atoms with Crippen LogP contribution in [0.15, 0.2) is 42.5 Å². The molecule has 0 radical (unpaired) electrons. The van der Waals surface area contributed by atoms with Crippen molar-refractivity contribution in [3.63, 3.8) is 0 Å². The van der Waals surface area contributed by atoms with Gasteiger partial charge in [-0.2, -0.15) is 0 Å². The fourth-order valence-electron chi connectivity index (χ4n) is 2.55. The first kappa shape index (κ1) is 21.0. The summed E-state index contributed by atoms with van der Waals surface area (Å²) in [5, 5.41) is 29.3. The average Bonchev–Trinajstić information content (AvgIpc) is 2.67. The summed E-state index contributed by atoms with van der Waals surface area (Å²) in [7, 11) is 2.80. The molecular weight excluding hydrogens is 364 g/mol. The van der Waals surface area contributed by atoms with E-state index in [9.17, 15) is 24.9 Å². The van der Waals surface area contributed by atoms with Gasteiger partial charge in [0.2, 0.25) is 0 Å². The maximum absolute atomic E-state index is 12.1. The Kier molecular flexibility index (Phi) is 7.17. The number of Topliss-reactive ketones (excluding diaryl/α,β-unsaturated/α-hetero) is 1. The van der Waals surface area contributed by atoms with Crippen molar-refractivity contribution in [2.75, 3.05) is 14.2 Å². The van der Waals surface area contributed by atoms with Crippen LogP contribution in [0.3, 0.4) is 0 Å². The molecule has 7 nitrogen and oxygen atoms in total. The summed E-state index contributed by atoms with van der Waals surface area (Å²) in [5.41, 5.74) is 1.04. The van der Waals surface area contributed by atoms with Gasteiger partial charge in [0.15, 0.2) is 28.8 Å². The van der Waals surface area contributed by atoms with E-state index in [0.717, 1.165) is 0 Å². The summed E-state index contributed by atoms with van der Waals surface area (Å²) in [6.07, 6.45) is 1.08. The Morgan fingerprint density at radius 3 is 2.25 bits per heavy atom. The highest BCUT2D eigenvalue weighted by Gasteiger charge is 2.16. The second kappa shape index (κ2) is 9.57. The standard InChI is InChI=1S/C21H22O7/c1-27-20-9-13(4-7-17(20)24)3-6-15(22)11-16(23)12-19(26)14-5-8-18(25)21(10-14)28-2/h3-10,19,24-26H,11-12H2,1-2H3/b6-3+. The van der Waals surface area contributed by atoms with E-state index in [-0.39, 0.29) is 35.8 Å². The van der Waals surface area contributed by atoms with Crippen molar-refractivity contribution in [1.29, 1.82) is 0 Å². The van der Waals surface area contributed by atoms with E-state index in [2.05, 4.69) is 0 Å². The molecule has 7 heteroatoms. The number of phenolic OH excluding ortho intramolecular Hbond substituents is 2. The van der Waals surface area contributed by atoms with Crippen LogP contribution in [0.5, 0.6) is 23.0 Å². The van der Waals surface area contributed by atoms with Gasteiger partial charge < -0.3 is 24.8 Å². The predicted octanol–water partition coefficient (Wildman–Crippen LogP) is 2.78. The number of aliphatic hydroxyl groups is 1. The highest BCUT2D eigenvalue weighted by Crippen LogP contribution is 2.30. The topological polar surface area (TPSA) is 113 Å². The molecule has 148 valence electrons. The van der Waals surface area contributed by atoms with Crippen LogP contribution in [0.1, 0.15) is 30.1 Å². The first-order valence-electron chi connectivity index (χ1n) is 8.48. The molecule has 1 atom stereocenters. The molecule has 0 aliphatic heterocycles. The lowest BCUT2D eigenvalue weighted by molar-refractivity contribution is -0.126. The molecule has 3 N–H and O–H groups in total. The summed E-state index contributed by atoms with van der Waals surface area (Å²) < 4.78 is 9.96. The largest absolute Gasteiger partial charge is 0.504 e. The lowest BCUT2D eigenvalue weighted by atomic mass is 10.0. The summed E-state index contributed by atoms with van der Waals surface area (Å²) in [4.78, 5) is 24.1. The number of allylic oxidation sites excluding steroid dienone is 1. The van der Waals surface area contributed by atoms with Gasteiger partial charge in [-0.05, 0) is 41.5 Å². The van der Waals surface area contributed by atoms with Crippen molar-refractivity contribution in [3.8, 4) is 23.0 Å². The van der Waals surface area contributed by atoms with Crippen molar-refractivity contribution < 1.29 is 34.4 Å². The van der Waals surface area contributed by atoms with Gasteiger partial charge in [-0.15, -0.1) is 0 Å². The van der Waals surface area contributed by atoms with Crippen LogP contribution >= 0.6 is 0 Å². The zero-order valence-electron chi connectivity index (χ0n) is 15.6. The quantitative estimate of drug-likeness (QED) is 0.448. The summed E-state index contributed by atoms with van der Waals surface area (Å²) in [5.74, 6) is -0.451. The molecule has 2 aromatic rings. The van der Waals surface area contributed by atoms with Gasteiger partial charge in [0.1, 0.15) is 5.78 Å². The molecule has 0 spiro atoms. The molecule has 2 aromatic carbocycles. The highest BCUT2D eigenvalue weighted by molar-refractivity contribution is 6.06. The van der Waals surface area contributed by atoms with E-state index >= 15 is 0 Å².